The molecule has 0 spiro atoms. The van der Waals surface area contributed by atoms with Crippen LogP contribution in [0.25, 0.3) is 0 Å². The monoisotopic (exact) mass is 314 g/mol. The summed E-state index contributed by atoms with van der Waals surface area (Å²) in [4.78, 5) is 32.9. The van der Waals surface area contributed by atoms with E-state index in [4.69, 9.17) is 5.11 Å². The quantitative estimate of drug-likeness (QED) is 0.577. The van der Waals surface area contributed by atoms with Gasteiger partial charge in [0.15, 0.2) is 0 Å². The number of amides is 3. The maximum Gasteiger partial charge on any atom is 0.411 e. The van der Waals surface area contributed by atoms with E-state index in [0.717, 1.165) is 0 Å². The maximum atomic E-state index is 11.7. The van der Waals surface area contributed by atoms with Crippen molar-refractivity contribution in [3.8, 4) is 0 Å². The molecule has 0 aliphatic rings. The average molecular weight is 314 g/mol. The van der Waals surface area contributed by atoms with Gasteiger partial charge in [0.1, 0.15) is 6.61 Å². The molecule has 7 nitrogen and oxygen atoms in total. The van der Waals surface area contributed by atoms with Gasteiger partial charge in [0.2, 0.25) is 5.91 Å². The minimum atomic E-state index is -4.43. The lowest BCUT2D eigenvalue weighted by Gasteiger charge is -2.10. The number of hydrogen-bond donors (Lipinski definition) is 3. The zero-order valence-electron chi connectivity index (χ0n) is 11.3. The largest absolute Gasteiger partial charge is 0.481 e. The molecule has 10 heteroatoms. The fourth-order valence-corrected chi connectivity index (χ4v) is 1.33. The second-order valence-corrected chi connectivity index (χ2v) is 4.38. The van der Waals surface area contributed by atoms with Gasteiger partial charge < -0.3 is 15.2 Å². The molecule has 0 fully saturated rings. The maximum absolute atomic E-state index is 11.7. The number of imide groups is 1. The Morgan fingerprint density at radius 1 is 1.24 bits per heavy atom. The van der Waals surface area contributed by atoms with Crippen LogP contribution in [-0.2, 0) is 14.3 Å². The zero-order chi connectivity index (χ0) is 16.5. The van der Waals surface area contributed by atoms with Crippen LogP contribution in [-0.4, -0.2) is 48.9 Å². The van der Waals surface area contributed by atoms with Gasteiger partial charge in [-0.05, 0) is 5.92 Å². The Labute approximate surface area is 118 Å². The van der Waals surface area contributed by atoms with Gasteiger partial charge in [-0.15, -0.1) is 0 Å². The number of ether oxygens (including phenoxy) is 1. The number of hydrogen-bond acceptors (Lipinski definition) is 4. The highest BCUT2D eigenvalue weighted by molar-refractivity contribution is 5.94. The van der Waals surface area contributed by atoms with E-state index >= 15 is 0 Å². The van der Waals surface area contributed by atoms with Crippen molar-refractivity contribution in [3.63, 3.8) is 0 Å². The van der Waals surface area contributed by atoms with E-state index in [1.54, 1.807) is 0 Å². The topological polar surface area (TPSA) is 105 Å². The summed E-state index contributed by atoms with van der Waals surface area (Å²) in [7, 11) is 0. The highest BCUT2D eigenvalue weighted by atomic mass is 19.4. The minimum Gasteiger partial charge on any atom is -0.481 e. The molecule has 3 N–H and O–H groups in total. The van der Waals surface area contributed by atoms with Crippen LogP contribution in [0.3, 0.4) is 0 Å². The summed E-state index contributed by atoms with van der Waals surface area (Å²) in [6.45, 7) is -0.422. The van der Waals surface area contributed by atoms with Gasteiger partial charge in [0.25, 0.3) is 0 Å². The molecule has 0 aliphatic carbocycles. The number of alkyl halides is 3. The van der Waals surface area contributed by atoms with Crippen molar-refractivity contribution in [2.24, 2.45) is 5.92 Å². The molecule has 0 aromatic heterocycles. The molecule has 0 rings (SSSR count). The second kappa shape index (κ2) is 9.16. The summed E-state index contributed by atoms with van der Waals surface area (Å²) < 4.78 is 39.4. The van der Waals surface area contributed by atoms with E-state index in [1.165, 1.54) is 6.92 Å². The lowest BCUT2D eigenvalue weighted by molar-refractivity contribution is -0.173. The summed E-state index contributed by atoms with van der Waals surface area (Å²) in [5, 5.41) is 12.6. The molecule has 0 saturated heterocycles. The highest BCUT2D eigenvalue weighted by Gasteiger charge is 2.27. The van der Waals surface area contributed by atoms with Gasteiger partial charge >= 0.3 is 18.2 Å². The summed E-state index contributed by atoms with van der Waals surface area (Å²) >= 11 is 0. The van der Waals surface area contributed by atoms with E-state index in [2.05, 4.69) is 10.1 Å². The van der Waals surface area contributed by atoms with Crippen LogP contribution in [0.4, 0.5) is 18.0 Å². The summed E-state index contributed by atoms with van der Waals surface area (Å²) in [5.41, 5.74) is 0. The number of carbonyl (C=O) groups excluding carboxylic acids is 2. The van der Waals surface area contributed by atoms with Gasteiger partial charge in [-0.25, -0.2) is 4.79 Å². The summed E-state index contributed by atoms with van der Waals surface area (Å²) in [6, 6.07) is -0.877. The number of carboxylic acid groups (broad SMARTS) is 1. The van der Waals surface area contributed by atoms with Crippen molar-refractivity contribution < 1.29 is 37.4 Å². The number of halogens is 3. The van der Waals surface area contributed by atoms with E-state index < -0.39 is 36.6 Å². The van der Waals surface area contributed by atoms with Gasteiger partial charge in [0.05, 0.1) is 6.61 Å². The fraction of sp³-hybridized carbons (Fsp3) is 0.727. The third-order valence-corrected chi connectivity index (χ3v) is 2.11. The van der Waals surface area contributed by atoms with Crippen LogP contribution in [0.1, 0.15) is 19.8 Å². The van der Waals surface area contributed by atoms with Crippen LogP contribution in [0.5, 0.6) is 0 Å². The number of urea groups is 1. The van der Waals surface area contributed by atoms with Crippen LogP contribution in [0, 0.1) is 5.92 Å². The first-order valence-electron chi connectivity index (χ1n) is 6.04. The van der Waals surface area contributed by atoms with Gasteiger partial charge in [-0.3, -0.25) is 14.9 Å². The van der Waals surface area contributed by atoms with Gasteiger partial charge in [0, 0.05) is 19.4 Å². The predicted octanol–water partition coefficient (Wildman–Crippen LogP) is 0.892. The van der Waals surface area contributed by atoms with Crippen LogP contribution >= 0.6 is 0 Å². The third-order valence-electron chi connectivity index (χ3n) is 2.11. The summed E-state index contributed by atoms with van der Waals surface area (Å²) in [6.07, 6.45) is -4.79. The van der Waals surface area contributed by atoms with Gasteiger partial charge in [-0.1, -0.05) is 6.92 Å². The van der Waals surface area contributed by atoms with Crippen LogP contribution < -0.4 is 10.6 Å². The van der Waals surface area contributed by atoms with Crippen molar-refractivity contribution >= 4 is 17.9 Å². The first kappa shape index (κ1) is 19.2. The number of carboxylic acids is 1. The van der Waals surface area contributed by atoms with Crippen molar-refractivity contribution in [1.29, 1.82) is 0 Å². The Balaban J connectivity index is 3.74. The number of carbonyl (C=O) groups is 3. The predicted molar refractivity (Wildman–Crippen MR) is 64.4 cm³/mol. The first-order chi connectivity index (χ1) is 9.60. The molecule has 0 aromatic carbocycles. The molecule has 0 aliphatic heterocycles. The Kier molecular flexibility index (Phi) is 8.36. The molecular formula is C11H17F3N2O5. The third kappa shape index (κ3) is 12.9. The Bertz CT molecular complexity index is 373. The highest BCUT2D eigenvalue weighted by Crippen LogP contribution is 2.13. The van der Waals surface area contributed by atoms with Crippen LogP contribution in [0.2, 0.25) is 0 Å². The summed E-state index contributed by atoms with van der Waals surface area (Å²) in [5.74, 6) is -2.16. The molecule has 0 radical (unpaired) electrons. The molecule has 0 saturated carbocycles. The number of aliphatic carboxylic acids is 1. The molecule has 3 amide bonds. The SMILES string of the molecule is CC(CC(=O)O)CC(=O)NC(=O)NCCOCC(F)(F)F. The van der Waals surface area contributed by atoms with Crippen molar-refractivity contribution in [1.82, 2.24) is 10.6 Å². The average Bonchev–Trinajstić information content (AvgIpc) is 2.24. The lowest BCUT2D eigenvalue weighted by Crippen LogP contribution is -2.41. The molecule has 122 valence electrons. The van der Waals surface area contributed by atoms with Crippen molar-refractivity contribution in [2.45, 2.75) is 25.9 Å². The zero-order valence-corrected chi connectivity index (χ0v) is 11.3. The molecule has 1 unspecified atom stereocenters. The van der Waals surface area contributed by atoms with Crippen molar-refractivity contribution in [2.75, 3.05) is 19.8 Å². The minimum absolute atomic E-state index is 0.149. The molecular weight excluding hydrogens is 297 g/mol. The normalized spacial score (nSPS) is 12.6. The van der Waals surface area contributed by atoms with Crippen LogP contribution in [0.15, 0.2) is 0 Å². The van der Waals surface area contributed by atoms with Crippen molar-refractivity contribution in [3.05, 3.63) is 0 Å². The molecule has 1 atom stereocenters. The molecule has 0 aromatic rings. The number of rotatable bonds is 8. The first-order valence-corrected chi connectivity index (χ1v) is 6.04. The van der Waals surface area contributed by atoms with E-state index in [-0.39, 0.29) is 26.0 Å². The molecule has 21 heavy (non-hydrogen) atoms. The van der Waals surface area contributed by atoms with E-state index in [1.807, 2.05) is 5.32 Å². The lowest BCUT2D eigenvalue weighted by atomic mass is 10.0. The smallest absolute Gasteiger partial charge is 0.411 e. The Hall–Kier alpha value is -1.84. The second-order valence-electron chi connectivity index (χ2n) is 4.38. The van der Waals surface area contributed by atoms with E-state index in [9.17, 15) is 27.6 Å². The Morgan fingerprint density at radius 2 is 1.86 bits per heavy atom. The molecule has 0 bridgehead atoms. The fourth-order valence-electron chi connectivity index (χ4n) is 1.33. The standard InChI is InChI=1S/C11H17F3N2O5/c1-7(5-9(18)19)4-8(17)16-10(20)15-2-3-21-6-11(12,13)14/h7H,2-6H2,1H3,(H,18,19)(H2,15,16,17,20). The Morgan fingerprint density at radius 3 is 2.38 bits per heavy atom. The number of nitrogens with one attached hydrogen (secondary N) is 2. The van der Waals surface area contributed by atoms with Gasteiger partial charge in [-0.2, -0.15) is 13.2 Å². The molecule has 0 heterocycles. The van der Waals surface area contributed by atoms with E-state index in [0.29, 0.717) is 0 Å².